The zero-order valence-electron chi connectivity index (χ0n) is 7.74. The van der Waals surface area contributed by atoms with E-state index in [1.54, 1.807) is 6.26 Å². The summed E-state index contributed by atoms with van der Waals surface area (Å²) in [4.78, 5) is 0. The predicted molar refractivity (Wildman–Crippen MR) is 48.2 cm³/mol. The van der Waals surface area contributed by atoms with E-state index in [0.29, 0.717) is 6.61 Å². The molecule has 2 rings (SSSR count). The Hall–Kier alpha value is -0.540. The van der Waals surface area contributed by atoms with Crippen molar-refractivity contribution in [1.29, 1.82) is 0 Å². The Morgan fingerprint density at radius 2 is 2.38 bits per heavy atom. The lowest BCUT2D eigenvalue weighted by Gasteiger charge is -2.22. The zero-order valence-corrected chi connectivity index (χ0v) is 7.74. The Kier molecular flexibility index (Phi) is 2.86. The third-order valence-electron chi connectivity index (χ3n) is 2.75. The first kappa shape index (κ1) is 9.03. The van der Waals surface area contributed by atoms with Gasteiger partial charge in [0.15, 0.2) is 0 Å². The SMILES string of the molecule is OC(C1=COCCC1)C1CCOC1. The maximum Gasteiger partial charge on any atom is 0.0876 e. The van der Waals surface area contributed by atoms with Gasteiger partial charge in [0, 0.05) is 12.5 Å². The van der Waals surface area contributed by atoms with Gasteiger partial charge in [-0.15, -0.1) is 0 Å². The molecule has 1 N–H and O–H groups in total. The van der Waals surface area contributed by atoms with E-state index in [1.165, 1.54) is 0 Å². The molecular weight excluding hydrogens is 168 g/mol. The summed E-state index contributed by atoms with van der Waals surface area (Å²) in [5.41, 5.74) is 1.04. The van der Waals surface area contributed by atoms with Gasteiger partial charge < -0.3 is 14.6 Å². The number of ether oxygens (including phenoxy) is 2. The molecule has 0 aliphatic carbocycles. The molecule has 0 bridgehead atoms. The molecule has 0 aromatic carbocycles. The summed E-state index contributed by atoms with van der Waals surface area (Å²) in [5, 5.41) is 9.95. The van der Waals surface area contributed by atoms with Crippen LogP contribution in [0.2, 0.25) is 0 Å². The molecule has 0 amide bonds. The highest BCUT2D eigenvalue weighted by Gasteiger charge is 2.27. The van der Waals surface area contributed by atoms with Crippen LogP contribution in [0.1, 0.15) is 19.3 Å². The summed E-state index contributed by atoms with van der Waals surface area (Å²) in [6, 6.07) is 0. The van der Waals surface area contributed by atoms with Gasteiger partial charge in [-0.25, -0.2) is 0 Å². The van der Waals surface area contributed by atoms with Crippen LogP contribution in [0.5, 0.6) is 0 Å². The highest BCUT2D eigenvalue weighted by Crippen LogP contribution is 2.25. The van der Waals surface area contributed by atoms with E-state index in [-0.39, 0.29) is 12.0 Å². The Labute approximate surface area is 78.3 Å². The van der Waals surface area contributed by atoms with Gasteiger partial charge >= 0.3 is 0 Å². The Morgan fingerprint density at radius 3 is 3.00 bits per heavy atom. The van der Waals surface area contributed by atoms with Gasteiger partial charge in [0.05, 0.1) is 25.6 Å². The Balaban J connectivity index is 1.94. The molecule has 2 aliphatic rings. The summed E-state index contributed by atoms with van der Waals surface area (Å²) in [6.45, 7) is 2.27. The van der Waals surface area contributed by atoms with Crippen molar-refractivity contribution in [2.75, 3.05) is 19.8 Å². The molecule has 74 valence electrons. The average molecular weight is 184 g/mol. The molecule has 0 aromatic rings. The first-order valence-corrected chi connectivity index (χ1v) is 4.94. The quantitative estimate of drug-likeness (QED) is 0.698. The van der Waals surface area contributed by atoms with Crippen molar-refractivity contribution in [3.05, 3.63) is 11.8 Å². The number of hydrogen-bond acceptors (Lipinski definition) is 3. The standard InChI is InChI=1S/C10H16O3/c11-10(9-3-5-13-7-9)8-2-1-4-12-6-8/h6,9-11H,1-5,7H2. The third-order valence-corrected chi connectivity index (χ3v) is 2.75. The highest BCUT2D eigenvalue weighted by atomic mass is 16.5. The van der Waals surface area contributed by atoms with Gasteiger partial charge in [0.25, 0.3) is 0 Å². The lowest BCUT2D eigenvalue weighted by atomic mass is 9.92. The van der Waals surface area contributed by atoms with Gasteiger partial charge in [-0.05, 0) is 24.8 Å². The van der Waals surface area contributed by atoms with E-state index in [4.69, 9.17) is 9.47 Å². The summed E-state index contributed by atoms with van der Waals surface area (Å²) >= 11 is 0. The largest absolute Gasteiger partial charge is 0.501 e. The normalized spacial score (nSPS) is 30.8. The summed E-state index contributed by atoms with van der Waals surface area (Å²) < 4.78 is 10.4. The molecule has 1 saturated heterocycles. The van der Waals surface area contributed by atoms with Crippen LogP contribution in [0.4, 0.5) is 0 Å². The number of aliphatic hydroxyl groups is 1. The molecule has 3 nitrogen and oxygen atoms in total. The van der Waals surface area contributed by atoms with Crippen molar-refractivity contribution in [3.63, 3.8) is 0 Å². The molecule has 0 radical (unpaired) electrons. The lowest BCUT2D eigenvalue weighted by Crippen LogP contribution is -2.24. The minimum absolute atomic E-state index is 0.285. The minimum atomic E-state index is -0.345. The second-order valence-corrected chi connectivity index (χ2v) is 3.74. The zero-order chi connectivity index (χ0) is 9.10. The molecule has 3 heteroatoms. The van der Waals surface area contributed by atoms with Crippen LogP contribution < -0.4 is 0 Å². The summed E-state index contributed by atoms with van der Waals surface area (Å²) in [7, 11) is 0. The van der Waals surface area contributed by atoms with Crippen LogP contribution in [0.25, 0.3) is 0 Å². The third kappa shape index (κ3) is 2.03. The molecule has 1 fully saturated rings. The van der Waals surface area contributed by atoms with Gasteiger partial charge in [-0.2, -0.15) is 0 Å². The maximum absolute atomic E-state index is 9.95. The molecule has 2 unspecified atom stereocenters. The summed E-state index contributed by atoms with van der Waals surface area (Å²) in [6.07, 6.45) is 4.35. The van der Waals surface area contributed by atoms with Crippen LogP contribution in [0.3, 0.4) is 0 Å². The molecule has 0 aromatic heterocycles. The van der Waals surface area contributed by atoms with Crippen LogP contribution in [0.15, 0.2) is 11.8 Å². The van der Waals surface area contributed by atoms with Gasteiger partial charge in [-0.1, -0.05) is 0 Å². The van der Waals surface area contributed by atoms with E-state index in [9.17, 15) is 5.11 Å². The molecule has 2 atom stereocenters. The molecule has 0 saturated carbocycles. The monoisotopic (exact) mass is 184 g/mol. The number of hydrogen-bond donors (Lipinski definition) is 1. The molecule has 2 aliphatic heterocycles. The van der Waals surface area contributed by atoms with E-state index < -0.39 is 0 Å². The van der Waals surface area contributed by atoms with Crippen LogP contribution >= 0.6 is 0 Å². The Morgan fingerprint density at radius 1 is 1.46 bits per heavy atom. The fraction of sp³-hybridized carbons (Fsp3) is 0.800. The molecule has 13 heavy (non-hydrogen) atoms. The van der Waals surface area contributed by atoms with Gasteiger partial charge in [0.2, 0.25) is 0 Å². The van der Waals surface area contributed by atoms with Crippen molar-refractivity contribution >= 4 is 0 Å². The van der Waals surface area contributed by atoms with E-state index in [2.05, 4.69) is 0 Å². The van der Waals surface area contributed by atoms with Crippen molar-refractivity contribution in [3.8, 4) is 0 Å². The first-order valence-electron chi connectivity index (χ1n) is 4.94. The fourth-order valence-electron chi connectivity index (χ4n) is 1.91. The van der Waals surface area contributed by atoms with Crippen LogP contribution in [-0.4, -0.2) is 31.0 Å². The smallest absolute Gasteiger partial charge is 0.0876 e. The minimum Gasteiger partial charge on any atom is -0.501 e. The van der Waals surface area contributed by atoms with Crippen molar-refractivity contribution in [2.24, 2.45) is 5.92 Å². The second kappa shape index (κ2) is 4.11. The van der Waals surface area contributed by atoms with Crippen molar-refractivity contribution in [2.45, 2.75) is 25.4 Å². The van der Waals surface area contributed by atoms with Crippen molar-refractivity contribution in [1.82, 2.24) is 0 Å². The summed E-state index contributed by atoms with van der Waals surface area (Å²) in [5.74, 6) is 0.285. The van der Waals surface area contributed by atoms with E-state index in [0.717, 1.165) is 38.0 Å². The lowest BCUT2D eigenvalue weighted by molar-refractivity contribution is 0.103. The second-order valence-electron chi connectivity index (χ2n) is 3.74. The molecular formula is C10H16O3. The topological polar surface area (TPSA) is 38.7 Å². The Bertz CT molecular complexity index is 194. The van der Waals surface area contributed by atoms with Crippen LogP contribution in [-0.2, 0) is 9.47 Å². The predicted octanol–water partition coefficient (Wildman–Crippen LogP) is 1.08. The van der Waals surface area contributed by atoms with Gasteiger partial charge in [0.1, 0.15) is 0 Å². The fourth-order valence-corrected chi connectivity index (χ4v) is 1.91. The number of rotatable bonds is 2. The number of aliphatic hydroxyl groups excluding tert-OH is 1. The molecule has 2 heterocycles. The van der Waals surface area contributed by atoms with Crippen LogP contribution in [0, 0.1) is 5.92 Å². The van der Waals surface area contributed by atoms with Gasteiger partial charge in [-0.3, -0.25) is 0 Å². The van der Waals surface area contributed by atoms with E-state index >= 15 is 0 Å². The van der Waals surface area contributed by atoms with Crippen molar-refractivity contribution < 1.29 is 14.6 Å². The maximum atomic E-state index is 9.95. The first-order chi connectivity index (χ1) is 6.38. The van der Waals surface area contributed by atoms with E-state index in [1.807, 2.05) is 0 Å². The average Bonchev–Trinajstić information content (AvgIpc) is 2.71. The molecule has 0 spiro atoms. The highest BCUT2D eigenvalue weighted by molar-refractivity contribution is 5.09.